The number of hydrogen-bond acceptors (Lipinski definition) is 3. The van der Waals surface area contributed by atoms with E-state index in [1.807, 2.05) is 12.3 Å². The Morgan fingerprint density at radius 1 is 0.964 bits per heavy atom. The van der Waals surface area contributed by atoms with Crippen LogP contribution in [-0.2, 0) is 17.8 Å². The largest absolute Gasteiger partial charge is 0.352 e. The van der Waals surface area contributed by atoms with Crippen molar-refractivity contribution in [3.63, 3.8) is 0 Å². The molecular formula is C19H13F5N2OS. The Kier molecular flexibility index (Phi) is 5.73. The third-order valence-corrected chi connectivity index (χ3v) is 4.77. The van der Waals surface area contributed by atoms with Gasteiger partial charge < -0.3 is 5.32 Å². The number of thiazole rings is 1. The molecule has 0 saturated heterocycles. The fourth-order valence-electron chi connectivity index (χ4n) is 2.52. The number of carbonyl (C=O) groups excluding carboxylic acids is 1. The zero-order valence-corrected chi connectivity index (χ0v) is 15.3. The minimum Gasteiger partial charge on any atom is -0.352 e. The van der Waals surface area contributed by atoms with Gasteiger partial charge in [0.15, 0.2) is 23.3 Å². The van der Waals surface area contributed by atoms with Crippen LogP contribution in [0.15, 0.2) is 29.6 Å². The van der Waals surface area contributed by atoms with E-state index in [1.165, 1.54) is 11.3 Å². The number of nitrogens with zero attached hydrogens (tertiary/aromatic N) is 1. The molecule has 2 aromatic carbocycles. The van der Waals surface area contributed by atoms with Gasteiger partial charge in [0.1, 0.15) is 0 Å². The van der Waals surface area contributed by atoms with E-state index in [1.54, 1.807) is 24.3 Å². The van der Waals surface area contributed by atoms with E-state index in [2.05, 4.69) is 10.3 Å². The van der Waals surface area contributed by atoms with Gasteiger partial charge in [-0.1, -0.05) is 24.3 Å². The van der Waals surface area contributed by atoms with Crippen molar-refractivity contribution in [3.05, 3.63) is 74.9 Å². The molecule has 146 valence electrons. The van der Waals surface area contributed by atoms with Crippen LogP contribution in [0.4, 0.5) is 22.0 Å². The van der Waals surface area contributed by atoms with E-state index in [0.29, 0.717) is 5.56 Å². The minimum absolute atomic E-state index is 0.0323. The maximum absolute atomic E-state index is 13.6. The molecule has 9 heteroatoms. The summed E-state index contributed by atoms with van der Waals surface area (Å²) in [5, 5.41) is 5.24. The van der Waals surface area contributed by atoms with Gasteiger partial charge in [-0.25, -0.2) is 26.9 Å². The standard InChI is InChI=1S/C19H13F5N2OS/c1-9-26-13(8-28-9)11-4-2-10(3-5-11)7-25-14(27)6-12-15(20)17(22)19(24)18(23)16(12)21/h2-5,8H,6-7H2,1H3,(H,25,27). The van der Waals surface area contributed by atoms with Gasteiger partial charge in [0, 0.05) is 23.1 Å². The molecule has 0 radical (unpaired) electrons. The van der Waals surface area contributed by atoms with Gasteiger partial charge in [-0.05, 0) is 12.5 Å². The van der Waals surface area contributed by atoms with Crippen molar-refractivity contribution in [3.8, 4) is 11.3 Å². The summed E-state index contributed by atoms with van der Waals surface area (Å²) in [6, 6.07) is 7.09. The van der Waals surface area contributed by atoms with Crippen molar-refractivity contribution in [1.29, 1.82) is 0 Å². The van der Waals surface area contributed by atoms with E-state index in [4.69, 9.17) is 0 Å². The molecule has 0 spiro atoms. The molecule has 3 rings (SSSR count). The van der Waals surface area contributed by atoms with Crippen LogP contribution < -0.4 is 5.32 Å². The second-order valence-electron chi connectivity index (χ2n) is 5.95. The third kappa shape index (κ3) is 4.04. The summed E-state index contributed by atoms with van der Waals surface area (Å²) in [5.41, 5.74) is 1.25. The van der Waals surface area contributed by atoms with E-state index in [0.717, 1.165) is 16.3 Å². The summed E-state index contributed by atoms with van der Waals surface area (Å²) in [6.07, 6.45) is -0.970. The predicted octanol–water partition coefficient (Wildman–Crippen LogP) is 4.67. The fourth-order valence-corrected chi connectivity index (χ4v) is 3.14. The molecule has 1 aromatic heterocycles. The highest BCUT2D eigenvalue weighted by Crippen LogP contribution is 2.24. The molecule has 0 fully saturated rings. The first-order valence-corrected chi connectivity index (χ1v) is 8.94. The average molecular weight is 412 g/mol. The Bertz CT molecular complexity index is 1000. The average Bonchev–Trinajstić information content (AvgIpc) is 3.13. The molecule has 0 atom stereocenters. The van der Waals surface area contributed by atoms with Crippen molar-refractivity contribution in [2.45, 2.75) is 19.9 Å². The van der Waals surface area contributed by atoms with Gasteiger partial charge in [-0.15, -0.1) is 11.3 Å². The summed E-state index contributed by atoms with van der Waals surface area (Å²) in [7, 11) is 0. The maximum Gasteiger partial charge on any atom is 0.224 e. The smallest absolute Gasteiger partial charge is 0.224 e. The molecule has 0 unspecified atom stereocenters. The van der Waals surface area contributed by atoms with Crippen molar-refractivity contribution in [2.75, 3.05) is 0 Å². The molecule has 3 nitrogen and oxygen atoms in total. The molecule has 0 saturated carbocycles. The Morgan fingerprint density at radius 3 is 2.07 bits per heavy atom. The molecule has 0 bridgehead atoms. The summed E-state index contributed by atoms with van der Waals surface area (Å²) >= 11 is 1.52. The van der Waals surface area contributed by atoms with Crippen LogP contribution in [0.3, 0.4) is 0 Å². The third-order valence-electron chi connectivity index (χ3n) is 4.00. The SMILES string of the molecule is Cc1nc(-c2ccc(CNC(=O)Cc3c(F)c(F)c(F)c(F)c3F)cc2)cs1. The van der Waals surface area contributed by atoms with Gasteiger partial charge >= 0.3 is 0 Å². The number of amides is 1. The van der Waals surface area contributed by atoms with Gasteiger partial charge in [0.25, 0.3) is 0 Å². The van der Waals surface area contributed by atoms with Gasteiger partial charge in [-0.3, -0.25) is 4.79 Å². The number of carbonyl (C=O) groups is 1. The molecular weight excluding hydrogens is 399 g/mol. The Morgan fingerprint density at radius 2 is 1.54 bits per heavy atom. The summed E-state index contributed by atoms with van der Waals surface area (Å²) in [5.74, 6) is -11.3. The summed E-state index contributed by atoms with van der Waals surface area (Å²) < 4.78 is 66.7. The lowest BCUT2D eigenvalue weighted by Crippen LogP contribution is -2.26. The first-order valence-electron chi connectivity index (χ1n) is 8.06. The first-order chi connectivity index (χ1) is 13.3. The van der Waals surface area contributed by atoms with Crippen molar-refractivity contribution in [1.82, 2.24) is 10.3 Å². The summed E-state index contributed by atoms with van der Waals surface area (Å²) in [4.78, 5) is 16.3. The van der Waals surface area contributed by atoms with Crippen LogP contribution in [-0.4, -0.2) is 10.9 Å². The van der Waals surface area contributed by atoms with Gasteiger partial charge in [0.05, 0.1) is 17.1 Å². The zero-order valence-electron chi connectivity index (χ0n) is 14.5. The highest BCUT2D eigenvalue weighted by atomic mass is 32.1. The lowest BCUT2D eigenvalue weighted by molar-refractivity contribution is -0.120. The number of aromatic nitrogens is 1. The van der Waals surface area contributed by atoms with Crippen molar-refractivity contribution in [2.24, 2.45) is 0 Å². The molecule has 0 aliphatic rings. The Balaban J connectivity index is 1.65. The van der Waals surface area contributed by atoms with E-state index in [-0.39, 0.29) is 6.54 Å². The number of halogens is 5. The molecule has 1 amide bonds. The van der Waals surface area contributed by atoms with Crippen LogP contribution in [0, 0.1) is 36.0 Å². The predicted molar refractivity (Wildman–Crippen MR) is 94.1 cm³/mol. The van der Waals surface area contributed by atoms with Crippen molar-refractivity contribution < 1.29 is 26.7 Å². The topological polar surface area (TPSA) is 42.0 Å². The molecule has 0 aliphatic heterocycles. The zero-order chi connectivity index (χ0) is 20.4. The molecule has 28 heavy (non-hydrogen) atoms. The van der Waals surface area contributed by atoms with E-state index >= 15 is 0 Å². The van der Waals surface area contributed by atoms with Crippen LogP contribution in [0.1, 0.15) is 16.1 Å². The highest BCUT2D eigenvalue weighted by Gasteiger charge is 2.26. The second-order valence-corrected chi connectivity index (χ2v) is 7.01. The lowest BCUT2D eigenvalue weighted by Gasteiger charge is -2.09. The summed E-state index contributed by atoms with van der Waals surface area (Å²) in [6.45, 7) is 1.92. The van der Waals surface area contributed by atoms with Gasteiger partial charge in [0.2, 0.25) is 11.7 Å². The van der Waals surface area contributed by atoms with Crippen molar-refractivity contribution >= 4 is 17.2 Å². The van der Waals surface area contributed by atoms with Gasteiger partial charge in [-0.2, -0.15) is 0 Å². The quantitative estimate of drug-likeness (QED) is 0.376. The first kappa shape index (κ1) is 19.9. The number of benzene rings is 2. The second kappa shape index (κ2) is 8.05. The van der Waals surface area contributed by atoms with E-state index in [9.17, 15) is 26.7 Å². The molecule has 1 N–H and O–H groups in total. The number of rotatable bonds is 5. The van der Waals surface area contributed by atoms with Crippen LogP contribution in [0.25, 0.3) is 11.3 Å². The Labute approximate surface area is 160 Å². The molecule has 1 heterocycles. The van der Waals surface area contributed by atoms with Crippen LogP contribution in [0.2, 0.25) is 0 Å². The molecule has 3 aromatic rings. The van der Waals surface area contributed by atoms with E-state index < -0.39 is 47.0 Å². The lowest BCUT2D eigenvalue weighted by atomic mass is 10.1. The van der Waals surface area contributed by atoms with Crippen LogP contribution >= 0.6 is 11.3 Å². The normalized spacial score (nSPS) is 10.9. The van der Waals surface area contributed by atoms with Crippen LogP contribution in [0.5, 0.6) is 0 Å². The highest BCUT2D eigenvalue weighted by molar-refractivity contribution is 7.09. The number of aryl methyl sites for hydroxylation is 1. The fraction of sp³-hybridized carbons (Fsp3) is 0.158. The minimum atomic E-state index is -2.26. The number of nitrogens with one attached hydrogen (secondary N) is 1. The monoisotopic (exact) mass is 412 g/mol. The number of hydrogen-bond donors (Lipinski definition) is 1. The maximum atomic E-state index is 13.6. The molecule has 0 aliphatic carbocycles. The Hall–Kier alpha value is -2.81.